The van der Waals surface area contributed by atoms with Crippen LogP contribution in [-0.4, -0.2) is 16.9 Å². The van der Waals surface area contributed by atoms with Gasteiger partial charge in [-0.05, 0) is 25.0 Å². The molecule has 0 aliphatic heterocycles. The first-order valence-corrected chi connectivity index (χ1v) is 5.77. The Morgan fingerprint density at radius 2 is 2.12 bits per heavy atom. The van der Waals surface area contributed by atoms with Gasteiger partial charge in [-0.3, -0.25) is 9.98 Å². The number of para-hydroxylation sites is 1. The quantitative estimate of drug-likeness (QED) is 0.354. The molecular weight excluding hydrogens is 212 g/mol. The second-order valence-corrected chi connectivity index (χ2v) is 4.23. The molecule has 0 spiro atoms. The van der Waals surface area contributed by atoms with Gasteiger partial charge in [-0.25, -0.2) is 5.84 Å². The third-order valence-electron chi connectivity index (χ3n) is 2.88. The van der Waals surface area contributed by atoms with Crippen molar-refractivity contribution in [2.45, 2.75) is 18.9 Å². The zero-order chi connectivity index (χ0) is 11.7. The molecule has 86 valence electrons. The summed E-state index contributed by atoms with van der Waals surface area (Å²) in [6, 6.07) is 10.4. The van der Waals surface area contributed by atoms with Crippen molar-refractivity contribution >= 4 is 16.7 Å². The van der Waals surface area contributed by atoms with Crippen molar-refractivity contribution in [3.63, 3.8) is 0 Å². The van der Waals surface area contributed by atoms with Crippen molar-refractivity contribution in [1.82, 2.24) is 10.4 Å². The van der Waals surface area contributed by atoms with Crippen LogP contribution < -0.4 is 11.3 Å². The molecule has 1 heterocycles. The molecule has 0 saturated heterocycles. The second-order valence-electron chi connectivity index (χ2n) is 4.23. The van der Waals surface area contributed by atoms with Crippen molar-refractivity contribution < 1.29 is 0 Å². The lowest BCUT2D eigenvalue weighted by molar-refractivity contribution is 0.972. The number of hydrazine groups is 1. The normalized spacial score (nSPS) is 16.2. The molecule has 1 aromatic carbocycles. The molecule has 17 heavy (non-hydrogen) atoms. The first-order chi connectivity index (χ1) is 8.38. The van der Waals surface area contributed by atoms with Crippen LogP contribution in [0.3, 0.4) is 0 Å². The number of rotatable bonds is 2. The predicted molar refractivity (Wildman–Crippen MR) is 68.6 cm³/mol. The molecule has 1 saturated carbocycles. The highest BCUT2D eigenvalue weighted by Crippen LogP contribution is 2.25. The van der Waals surface area contributed by atoms with Gasteiger partial charge in [0.25, 0.3) is 0 Å². The average Bonchev–Trinajstić information content (AvgIpc) is 3.19. The van der Waals surface area contributed by atoms with Crippen LogP contribution in [0.4, 0.5) is 0 Å². The molecule has 1 aliphatic rings. The van der Waals surface area contributed by atoms with Gasteiger partial charge in [0, 0.05) is 17.1 Å². The standard InChI is InChI=1S/C13H14N4/c14-17-13(16-10-6-7-10)11-5-1-3-9-4-2-8-15-12(9)11/h1-5,8,10H,6-7,14H2,(H,16,17). The van der Waals surface area contributed by atoms with E-state index in [9.17, 15) is 0 Å². The van der Waals surface area contributed by atoms with E-state index in [0.29, 0.717) is 6.04 Å². The summed E-state index contributed by atoms with van der Waals surface area (Å²) in [6.07, 6.45) is 4.10. The molecule has 3 N–H and O–H groups in total. The fourth-order valence-corrected chi connectivity index (χ4v) is 1.87. The van der Waals surface area contributed by atoms with E-state index in [4.69, 9.17) is 5.84 Å². The Balaban J connectivity index is 2.15. The Bertz CT molecular complexity index is 567. The molecule has 0 atom stereocenters. The molecular formula is C13H14N4. The van der Waals surface area contributed by atoms with E-state index < -0.39 is 0 Å². The Morgan fingerprint density at radius 3 is 2.88 bits per heavy atom. The molecule has 0 unspecified atom stereocenters. The van der Waals surface area contributed by atoms with Crippen LogP contribution in [0.1, 0.15) is 18.4 Å². The van der Waals surface area contributed by atoms with Crippen molar-refractivity contribution in [2.75, 3.05) is 0 Å². The maximum atomic E-state index is 5.56. The molecule has 1 aromatic heterocycles. The summed E-state index contributed by atoms with van der Waals surface area (Å²) in [6.45, 7) is 0. The third kappa shape index (κ3) is 1.99. The average molecular weight is 226 g/mol. The number of nitrogens with one attached hydrogen (secondary N) is 1. The maximum Gasteiger partial charge on any atom is 0.145 e. The van der Waals surface area contributed by atoms with E-state index in [1.807, 2.05) is 30.3 Å². The number of hydrogen-bond donors (Lipinski definition) is 2. The Morgan fingerprint density at radius 1 is 1.29 bits per heavy atom. The van der Waals surface area contributed by atoms with Gasteiger partial charge in [0.2, 0.25) is 0 Å². The number of nitrogens with zero attached hydrogens (tertiary/aromatic N) is 2. The minimum Gasteiger partial charge on any atom is -0.308 e. The summed E-state index contributed by atoms with van der Waals surface area (Å²) in [5.74, 6) is 6.30. The van der Waals surface area contributed by atoms with E-state index in [1.165, 1.54) is 0 Å². The zero-order valence-corrected chi connectivity index (χ0v) is 9.43. The van der Waals surface area contributed by atoms with Crippen molar-refractivity contribution in [1.29, 1.82) is 0 Å². The van der Waals surface area contributed by atoms with Gasteiger partial charge in [0.1, 0.15) is 5.84 Å². The molecule has 1 aliphatic carbocycles. The maximum absolute atomic E-state index is 5.56. The highest BCUT2D eigenvalue weighted by Gasteiger charge is 2.21. The molecule has 0 bridgehead atoms. The number of fused-ring (bicyclic) bond motifs is 1. The van der Waals surface area contributed by atoms with Gasteiger partial charge in [-0.2, -0.15) is 0 Å². The van der Waals surface area contributed by atoms with Crippen LogP contribution in [-0.2, 0) is 0 Å². The number of nitrogens with two attached hydrogens (primary N) is 1. The Hall–Kier alpha value is -1.94. The predicted octanol–water partition coefficient (Wildman–Crippen LogP) is 1.61. The van der Waals surface area contributed by atoms with Gasteiger partial charge in [0.05, 0.1) is 11.6 Å². The lowest BCUT2D eigenvalue weighted by Gasteiger charge is -2.08. The number of hydrogen-bond acceptors (Lipinski definition) is 3. The van der Waals surface area contributed by atoms with Crippen molar-refractivity contribution in [2.24, 2.45) is 10.8 Å². The first kappa shape index (κ1) is 10.2. The highest BCUT2D eigenvalue weighted by atomic mass is 15.3. The lowest BCUT2D eigenvalue weighted by atomic mass is 10.1. The highest BCUT2D eigenvalue weighted by molar-refractivity contribution is 6.08. The third-order valence-corrected chi connectivity index (χ3v) is 2.88. The summed E-state index contributed by atoms with van der Waals surface area (Å²) < 4.78 is 0. The van der Waals surface area contributed by atoms with Crippen LogP contribution in [0, 0.1) is 0 Å². The van der Waals surface area contributed by atoms with Crippen molar-refractivity contribution in [3.05, 3.63) is 42.1 Å². The molecule has 0 amide bonds. The Labute approximate surface area is 99.5 Å². The van der Waals surface area contributed by atoms with Crippen LogP contribution >= 0.6 is 0 Å². The number of benzene rings is 1. The molecule has 4 nitrogen and oxygen atoms in total. The van der Waals surface area contributed by atoms with E-state index in [-0.39, 0.29) is 0 Å². The first-order valence-electron chi connectivity index (χ1n) is 5.77. The molecule has 1 fully saturated rings. The van der Waals surface area contributed by atoms with Crippen LogP contribution in [0.5, 0.6) is 0 Å². The van der Waals surface area contributed by atoms with Crippen LogP contribution in [0.25, 0.3) is 10.9 Å². The minimum atomic E-state index is 0.431. The summed E-state index contributed by atoms with van der Waals surface area (Å²) in [5.41, 5.74) is 4.60. The van der Waals surface area contributed by atoms with Crippen LogP contribution in [0.2, 0.25) is 0 Å². The van der Waals surface area contributed by atoms with Crippen LogP contribution in [0.15, 0.2) is 41.5 Å². The van der Waals surface area contributed by atoms with Gasteiger partial charge in [-0.1, -0.05) is 18.2 Å². The number of pyridine rings is 1. The van der Waals surface area contributed by atoms with Gasteiger partial charge >= 0.3 is 0 Å². The van der Waals surface area contributed by atoms with E-state index in [0.717, 1.165) is 35.1 Å². The Kier molecular flexibility index (Phi) is 2.49. The number of aliphatic imine (C=N–C) groups is 1. The van der Waals surface area contributed by atoms with E-state index >= 15 is 0 Å². The van der Waals surface area contributed by atoms with Gasteiger partial charge in [-0.15, -0.1) is 0 Å². The molecule has 3 rings (SSSR count). The fourth-order valence-electron chi connectivity index (χ4n) is 1.87. The fraction of sp³-hybridized carbons (Fsp3) is 0.231. The zero-order valence-electron chi connectivity index (χ0n) is 9.43. The molecule has 4 heteroatoms. The second kappa shape index (κ2) is 4.14. The smallest absolute Gasteiger partial charge is 0.145 e. The van der Waals surface area contributed by atoms with E-state index in [2.05, 4.69) is 15.4 Å². The van der Waals surface area contributed by atoms with Gasteiger partial charge < -0.3 is 5.43 Å². The van der Waals surface area contributed by atoms with E-state index in [1.54, 1.807) is 6.20 Å². The summed E-state index contributed by atoms with van der Waals surface area (Å²) in [7, 11) is 0. The summed E-state index contributed by atoms with van der Waals surface area (Å²) >= 11 is 0. The SMILES string of the molecule is NNC(=NC1CC1)c1cccc2cccnc12. The molecule has 2 aromatic rings. The largest absolute Gasteiger partial charge is 0.308 e. The van der Waals surface area contributed by atoms with Crippen molar-refractivity contribution in [3.8, 4) is 0 Å². The minimum absolute atomic E-state index is 0.431. The number of aromatic nitrogens is 1. The summed E-state index contributed by atoms with van der Waals surface area (Å²) in [4.78, 5) is 8.97. The lowest BCUT2D eigenvalue weighted by Crippen LogP contribution is -2.31. The summed E-state index contributed by atoms with van der Waals surface area (Å²) in [5, 5.41) is 1.10. The topological polar surface area (TPSA) is 63.3 Å². The van der Waals surface area contributed by atoms with Gasteiger partial charge in [0.15, 0.2) is 0 Å². The molecule has 0 radical (unpaired) electrons. The monoisotopic (exact) mass is 226 g/mol. The number of amidine groups is 1.